The Labute approximate surface area is 64.7 Å². The van der Waals surface area contributed by atoms with Crippen LogP contribution in [0.5, 0.6) is 0 Å². The van der Waals surface area contributed by atoms with Crippen molar-refractivity contribution in [1.82, 2.24) is 5.32 Å². The Hall–Kier alpha value is -0.650. The normalized spacial score (nSPS) is 18.9. The Morgan fingerprint density at radius 1 is 1.36 bits per heavy atom. The summed E-state index contributed by atoms with van der Waals surface area (Å²) in [6, 6.07) is -1.12. The predicted molar refractivity (Wildman–Crippen MR) is 37.9 cm³/mol. The second-order valence-electron chi connectivity index (χ2n) is 2.40. The molecule has 0 fully saturated rings. The van der Waals surface area contributed by atoms with Gasteiger partial charge in [0.1, 0.15) is 12.3 Å². The first-order valence-corrected chi connectivity index (χ1v) is 3.30. The third-order valence-electron chi connectivity index (χ3n) is 1.17. The minimum atomic E-state index is -1.18. The van der Waals surface area contributed by atoms with Gasteiger partial charge >= 0.3 is 5.97 Å². The summed E-state index contributed by atoms with van der Waals surface area (Å²) in [5.41, 5.74) is 0. The van der Waals surface area contributed by atoms with Gasteiger partial charge in [0.25, 0.3) is 0 Å². The van der Waals surface area contributed by atoms with E-state index in [-0.39, 0.29) is 0 Å². The fraction of sp³-hybridized carbons (Fsp3) is 0.833. The molecule has 0 saturated heterocycles. The lowest BCUT2D eigenvalue weighted by Gasteiger charge is -2.18. The second-order valence-corrected chi connectivity index (χ2v) is 2.40. The number of aliphatic hydroxyl groups excluding tert-OH is 2. The van der Waals surface area contributed by atoms with Crippen molar-refractivity contribution in [2.45, 2.75) is 32.2 Å². The molecule has 3 atom stereocenters. The Morgan fingerprint density at radius 3 is 1.91 bits per heavy atom. The number of carboxylic acids is 1. The lowest BCUT2D eigenvalue weighted by molar-refractivity contribution is -0.143. The van der Waals surface area contributed by atoms with Crippen LogP contribution >= 0.6 is 0 Å². The minimum absolute atomic E-state index is 0.939. The number of aliphatic hydroxyl groups is 2. The first kappa shape index (κ1) is 10.3. The van der Waals surface area contributed by atoms with Gasteiger partial charge in [0.05, 0.1) is 6.10 Å². The van der Waals surface area contributed by atoms with E-state index in [2.05, 4.69) is 5.32 Å². The SMILES string of the molecule is C[C@@H](O)N[C@H](C(=O)O)[C@@H](C)O. The van der Waals surface area contributed by atoms with Gasteiger partial charge in [0, 0.05) is 0 Å². The lowest BCUT2D eigenvalue weighted by atomic mass is 10.2. The number of hydrogen-bond acceptors (Lipinski definition) is 4. The molecule has 0 aromatic rings. The van der Waals surface area contributed by atoms with Crippen molar-refractivity contribution in [2.75, 3.05) is 0 Å². The maximum Gasteiger partial charge on any atom is 0.323 e. The first-order chi connectivity index (χ1) is 4.95. The van der Waals surface area contributed by atoms with Crippen molar-refractivity contribution in [3.8, 4) is 0 Å². The van der Waals surface area contributed by atoms with Crippen molar-refractivity contribution < 1.29 is 20.1 Å². The summed E-state index contributed by atoms with van der Waals surface area (Å²) in [4.78, 5) is 10.3. The van der Waals surface area contributed by atoms with Gasteiger partial charge in [0.15, 0.2) is 0 Å². The Kier molecular flexibility index (Phi) is 4.02. The van der Waals surface area contributed by atoms with Crippen LogP contribution in [0.25, 0.3) is 0 Å². The topological polar surface area (TPSA) is 89.8 Å². The number of hydrogen-bond donors (Lipinski definition) is 4. The standard InChI is InChI=1S/C6H13NO4/c1-3(8)5(6(10)11)7-4(2)9/h3-5,7-9H,1-2H3,(H,10,11)/t3-,4-,5+/m1/s1. The number of carboxylic acid groups (broad SMARTS) is 1. The molecule has 0 saturated carbocycles. The van der Waals surface area contributed by atoms with E-state index in [1.807, 2.05) is 0 Å². The van der Waals surface area contributed by atoms with Gasteiger partial charge in [-0.15, -0.1) is 0 Å². The molecule has 0 aromatic heterocycles. The van der Waals surface area contributed by atoms with E-state index in [9.17, 15) is 4.79 Å². The second kappa shape index (κ2) is 4.27. The third-order valence-corrected chi connectivity index (χ3v) is 1.17. The Morgan fingerprint density at radius 2 is 1.82 bits per heavy atom. The monoisotopic (exact) mass is 163 g/mol. The molecule has 0 spiro atoms. The summed E-state index contributed by atoms with van der Waals surface area (Å²) in [6.45, 7) is 2.73. The van der Waals surface area contributed by atoms with Crippen LogP contribution in [0.15, 0.2) is 0 Å². The molecule has 11 heavy (non-hydrogen) atoms. The quantitative estimate of drug-likeness (QED) is 0.389. The van der Waals surface area contributed by atoms with E-state index >= 15 is 0 Å². The summed E-state index contributed by atoms with van der Waals surface area (Å²) in [6.07, 6.45) is -1.97. The van der Waals surface area contributed by atoms with Crippen LogP contribution in [0.3, 0.4) is 0 Å². The van der Waals surface area contributed by atoms with Crippen LogP contribution in [0.4, 0.5) is 0 Å². The van der Waals surface area contributed by atoms with Crippen molar-refractivity contribution in [3.63, 3.8) is 0 Å². The molecule has 5 heteroatoms. The van der Waals surface area contributed by atoms with Crippen molar-refractivity contribution in [2.24, 2.45) is 0 Å². The van der Waals surface area contributed by atoms with E-state index in [0.717, 1.165) is 0 Å². The zero-order valence-corrected chi connectivity index (χ0v) is 6.48. The highest BCUT2D eigenvalue weighted by molar-refractivity contribution is 5.74. The fourth-order valence-corrected chi connectivity index (χ4v) is 0.677. The average molecular weight is 163 g/mol. The highest BCUT2D eigenvalue weighted by Crippen LogP contribution is 1.93. The highest BCUT2D eigenvalue weighted by Gasteiger charge is 2.23. The zero-order chi connectivity index (χ0) is 9.02. The van der Waals surface area contributed by atoms with E-state index in [1.54, 1.807) is 0 Å². The summed E-state index contributed by atoms with van der Waals surface area (Å²) in [7, 11) is 0. The number of carbonyl (C=O) groups is 1. The Bertz CT molecular complexity index is 135. The molecule has 0 aromatic carbocycles. The summed E-state index contributed by atoms with van der Waals surface area (Å²) >= 11 is 0. The molecule has 4 N–H and O–H groups in total. The number of rotatable bonds is 4. The molecule has 0 heterocycles. The molecule has 5 nitrogen and oxygen atoms in total. The van der Waals surface area contributed by atoms with Crippen LogP contribution < -0.4 is 5.32 Å². The van der Waals surface area contributed by atoms with Crippen LogP contribution in [0, 0.1) is 0 Å². The summed E-state index contributed by atoms with van der Waals surface area (Å²) < 4.78 is 0. The third kappa shape index (κ3) is 3.92. The van der Waals surface area contributed by atoms with Crippen molar-refractivity contribution in [3.05, 3.63) is 0 Å². The van der Waals surface area contributed by atoms with Gasteiger partial charge < -0.3 is 15.3 Å². The largest absolute Gasteiger partial charge is 0.480 e. The van der Waals surface area contributed by atoms with Crippen LogP contribution in [-0.2, 0) is 4.79 Å². The van der Waals surface area contributed by atoms with E-state index in [0.29, 0.717) is 0 Å². The zero-order valence-electron chi connectivity index (χ0n) is 6.48. The van der Waals surface area contributed by atoms with Gasteiger partial charge in [-0.1, -0.05) is 0 Å². The van der Waals surface area contributed by atoms with E-state index in [4.69, 9.17) is 15.3 Å². The van der Waals surface area contributed by atoms with Gasteiger partial charge in [-0.05, 0) is 13.8 Å². The molecule has 0 aliphatic carbocycles. The van der Waals surface area contributed by atoms with Crippen LogP contribution in [0.1, 0.15) is 13.8 Å². The van der Waals surface area contributed by atoms with Gasteiger partial charge in [-0.25, -0.2) is 0 Å². The maximum absolute atomic E-state index is 10.3. The predicted octanol–water partition coefficient (Wildman–Crippen LogP) is -1.25. The molecule has 66 valence electrons. The highest BCUT2D eigenvalue weighted by atomic mass is 16.4. The van der Waals surface area contributed by atoms with Crippen molar-refractivity contribution >= 4 is 5.97 Å². The molecule has 0 unspecified atom stereocenters. The molecule has 0 aliphatic rings. The Balaban J connectivity index is 4.01. The van der Waals surface area contributed by atoms with Crippen LogP contribution in [0.2, 0.25) is 0 Å². The van der Waals surface area contributed by atoms with Crippen molar-refractivity contribution in [1.29, 1.82) is 0 Å². The molecule has 0 bridgehead atoms. The molecule has 0 radical (unpaired) electrons. The molecular weight excluding hydrogens is 150 g/mol. The number of aliphatic carboxylic acids is 1. The number of nitrogens with one attached hydrogen (secondary N) is 1. The molecule has 0 amide bonds. The summed E-state index contributed by atoms with van der Waals surface area (Å²) in [5, 5.41) is 28.4. The van der Waals surface area contributed by atoms with E-state index < -0.39 is 24.3 Å². The van der Waals surface area contributed by atoms with Gasteiger partial charge in [-0.3, -0.25) is 10.1 Å². The summed E-state index contributed by atoms with van der Waals surface area (Å²) in [5.74, 6) is -1.18. The van der Waals surface area contributed by atoms with Gasteiger partial charge in [0.2, 0.25) is 0 Å². The first-order valence-electron chi connectivity index (χ1n) is 3.30. The van der Waals surface area contributed by atoms with Gasteiger partial charge in [-0.2, -0.15) is 0 Å². The average Bonchev–Trinajstić information content (AvgIpc) is 1.81. The van der Waals surface area contributed by atoms with Crippen LogP contribution in [-0.4, -0.2) is 39.7 Å². The molecule has 0 aliphatic heterocycles. The fourth-order valence-electron chi connectivity index (χ4n) is 0.677. The smallest absolute Gasteiger partial charge is 0.323 e. The lowest BCUT2D eigenvalue weighted by Crippen LogP contribution is -2.48. The maximum atomic E-state index is 10.3. The van der Waals surface area contributed by atoms with E-state index in [1.165, 1.54) is 13.8 Å². The minimum Gasteiger partial charge on any atom is -0.480 e. The molecule has 0 rings (SSSR count). The molecular formula is C6H13NO4.